The average Bonchev–Trinajstić information content (AvgIpc) is 3.67. The number of benzene rings is 3. The Hall–Kier alpha value is -5.35. The van der Waals surface area contributed by atoms with E-state index in [0.717, 1.165) is 30.7 Å². The number of pyridine rings is 2. The van der Waals surface area contributed by atoms with E-state index in [1.54, 1.807) is 0 Å². The summed E-state index contributed by atoms with van der Waals surface area (Å²) in [5.74, 6) is 0.374. The van der Waals surface area contributed by atoms with Crippen molar-refractivity contribution in [1.29, 1.82) is 0 Å². The minimum Gasteiger partial charge on any atom is -0.394 e. The highest BCUT2D eigenvalue weighted by molar-refractivity contribution is 5.88. The Kier molecular flexibility index (Phi) is 6.83. The molecule has 0 saturated heterocycles. The Bertz CT molecular complexity index is 2060. The van der Waals surface area contributed by atoms with Crippen LogP contribution in [0.15, 0.2) is 132 Å². The van der Waals surface area contributed by atoms with Gasteiger partial charge in [-0.2, -0.15) is 0 Å². The predicted molar refractivity (Wildman–Crippen MR) is 186 cm³/mol. The van der Waals surface area contributed by atoms with Crippen molar-refractivity contribution in [2.24, 2.45) is 10.9 Å². The standard InChI is InChI=1S/C41H34N4/c1-3-26(12-17-42-2)34-15-20-44-40-36-22-30(8-10-32(36)24-38(34)40)27-4-6-28(7-5-27)31-9-11-33-25-39-35(29-13-18-43-19-14-29)16-21-45-41(39)37(33)23-31/h3-14,16-23,34,42H,15,24-25H2,1-2H3/b17-12-,26-3+. The molecule has 1 aliphatic heterocycles. The highest BCUT2D eigenvalue weighted by atomic mass is 14.8. The van der Waals surface area contributed by atoms with Gasteiger partial charge >= 0.3 is 0 Å². The van der Waals surface area contributed by atoms with E-state index in [1.807, 2.05) is 31.8 Å². The molecule has 0 bridgehead atoms. The van der Waals surface area contributed by atoms with E-state index in [1.165, 1.54) is 72.3 Å². The molecular weight excluding hydrogens is 548 g/mol. The number of nitrogens with zero attached hydrogens (tertiary/aromatic N) is 3. The summed E-state index contributed by atoms with van der Waals surface area (Å²) >= 11 is 0. The van der Waals surface area contributed by atoms with Crippen molar-refractivity contribution in [3.63, 3.8) is 0 Å². The maximum absolute atomic E-state index is 4.92. The highest BCUT2D eigenvalue weighted by Crippen LogP contribution is 2.45. The normalized spacial score (nSPS) is 16.5. The lowest BCUT2D eigenvalue weighted by molar-refractivity contribution is 0.744. The van der Waals surface area contributed by atoms with Gasteiger partial charge in [0, 0.05) is 55.3 Å². The molecule has 4 nitrogen and oxygen atoms in total. The van der Waals surface area contributed by atoms with Crippen LogP contribution in [0.4, 0.5) is 0 Å². The number of aliphatic imine (C=N–C) groups is 1. The fraction of sp³-hybridized carbons (Fsp3) is 0.146. The molecule has 45 heavy (non-hydrogen) atoms. The molecule has 8 rings (SSSR count). The highest BCUT2D eigenvalue weighted by Gasteiger charge is 2.30. The largest absolute Gasteiger partial charge is 0.394 e. The zero-order chi connectivity index (χ0) is 30.3. The number of rotatable bonds is 6. The van der Waals surface area contributed by atoms with Gasteiger partial charge in [-0.25, -0.2) is 0 Å². The number of nitrogens with one attached hydrogen (secondary N) is 1. The van der Waals surface area contributed by atoms with Crippen molar-refractivity contribution in [1.82, 2.24) is 15.3 Å². The molecule has 0 radical (unpaired) electrons. The molecule has 0 spiro atoms. The second-order valence-corrected chi connectivity index (χ2v) is 12.0. The van der Waals surface area contributed by atoms with Crippen LogP contribution >= 0.6 is 0 Å². The molecule has 0 fully saturated rings. The van der Waals surface area contributed by atoms with Crippen LogP contribution in [0.3, 0.4) is 0 Å². The third kappa shape index (κ3) is 4.74. The molecule has 3 aliphatic rings. The van der Waals surface area contributed by atoms with Gasteiger partial charge in [-0.1, -0.05) is 54.6 Å². The Labute approximate surface area is 264 Å². The topological polar surface area (TPSA) is 50.2 Å². The van der Waals surface area contributed by atoms with Gasteiger partial charge in [0.2, 0.25) is 0 Å². The van der Waals surface area contributed by atoms with E-state index in [-0.39, 0.29) is 0 Å². The number of hydrogen-bond acceptors (Lipinski definition) is 4. The molecule has 2 aliphatic carbocycles. The van der Waals surface area contributed by atoms with Crippen molar-refractivity contribution in [3.8, 4) is 44.6 Å². The molecule has 2 aromatic heterocycles. The molecule has 0 saturated carbocycles. The van der Waals surface area contributed by atoms with Gasteiger partial charge in [-0.15, -0.1) is 0 Å². The lowest BCUT2D eigenvalue weighted by atomic mass is 9.85. The van der Waals surface area contributed by atoms with Crippen LogP contribution in [0.2, 0.25) is 0 Å². The number of allylic oxidation sites excluding steroid dienone is 4. The molecule has 218 valence electrons. The van der Waals surface area contributed by atoms with Crippen LogP contribution in [0.5, 0.6) is 0 Å². The van der Waals surface area contributed by atoms with Crippen LogP contribution in [0.25, 0.3) is 50.3 Å². The van der Waals surface area contributed by atoms with E-state index >= 15 is 0 Å². The van der Waals surface area contributed by atoms with Gasteiger partial charge < -0.3 is 5.32 Å². The maximum atomic E-state index is 4.92. The molecule has 3 aromatic carbocycles. The second kappa shape index (κ2) is 11.3. The van der Waals surface area contributed by atoms with Crippen molar-refractivity contribution >= 4 is 11.9 Å². The first-order chi connectivity index (χ1) is 22.2. The Balaban J connectivity index is 1.08. The molecular formula is C41H34N4. The first kappa shape index (κ1) is 27.2. The third-order valence-electron chi connectivity index (χ3n) is 9.54. The van der Waals surface area contributed by atoms with Gasteiger partial charge in [0.1, 0.15) is 0 Å². The summed E-state index contributed by atoms with van der Waals surface area (Å²) in [5.41, 5.74) is 18.8. The summed E-state index contributed by atoms with van der Waals surface area (Å²) < 4.78 is 0. The van der Waals surface area contributed by atoms with Crippen LogP contribution in [-0.4, -0.2) is 23.2 Å². The van der Waals surface area contributed by atoms with E-state index in [2.05, 4.69) is 114 Å². The van der Waals surface area contributed by atoms with Crippen molar-refractivity contribution < 1.29 is 0 Å². The summed E-state index contributed by atoms with van der Waals surface area (Å²) in [4.78, 5) is 13.9. The Morgan fingerprint density at radius 1 is 0.733 bits per heavy atom. The summed E-state index contributed by atoms with van der Waals surface area (Å²) in [6, 6.07) is 29.0. The maximum Gasteiger partial charge on any atom is 0.0746 e. The van der Waals surface area contributed by atoms with E-state index in [4.69, 9.17) is 9.98 Å². The number of fused-ring (bicyclic) bond motifs is 5. The Morgan fingerprint density at radius 2 is 1.42 bits per heavy atom. The molecule has 1 N–H and O–H groups in total. The lowest BCUT2D eigenvalue weighted by Crippen LogP contribution is -2.12. The summed E-state index contributed by atoms with van der Waals surface area (Å²) in [7, 11) is 1.94. The summed E-state index contributed by atoms with van der Waals surface area (Å²) in [6.07, 6.45) is 17.0. The average molecular weight is 583 g/mol. The predicted octanol–water partition coefficient (Wildman–Crippen LogP) is 9.09. The van der Waals surface area contributed by atoms with Crippen molar-refractivity contribution in [2.45, 2.75) is 26.2 Å². The summed E-state index contributed by atoms with van der Waals surface area (Å²) in [5, 5.41) is 3.14. The smallest absolute Gasteiger partial charge is 0.0746 e. The molecule has 5 aromatic rings. The van der Waals surface area contributed by atoms with Crippen molar-refractivity contribution in [2.75, 3.05) is 7.05 Å². The lowest BCUT2D eigenvalue weighted by Gasteiger charge is -2.22. The molecule has 1 atom stereocenters. The third-order valence-corrected chi connectivity index (χ3v) is 9.54. The zero-order valence-corrected chi connectivity index (χ0v) is 25.6. The molecule has 0 amide bonds. The minimum atomic E-state index is 0.374. The fourth-order valence-corrected chi connectivity index (χ4v) is 7.24. The van der Waals surface area contributed by atoms with Crippen LogP contribution in [0, 0.1) is 5.92 Å². The van der Waals surface area contributed by atoms with Crippen LogP contribution in [-0.2, 0) is 12.8 Å². The van der Waals surface area contributed by atoms with Crippen LogP contribution in [0.1, 0.15) is 35.6 Å². The van der Waals surface area contributed by atoms with Gasteiger partial charge in [0.25, 0.3) is 0 Å². The number of aromatic nitrogens is 2. The van der Waals surface area contributed by atoms with Gasteiger partial charge in [0.15, 0.2) is 0 Å². The SMILES string of the molecule is C/C=C(\C=C/NC)C1CC=NC2=C1Cc1ccc(-c3ccc(-c4ccc5c(c4)-c4nccc(-c6ccncc6)c4C5)cc3)cc12. The quantitative estimate of drug-likeness (QED) is 0.199. The van der Waals surface area contributed by atoms with Gasteiger partial charge in [-0.3, -0.25) is 15.0 Å². The second-order valence-electron chi connectivity index (χ2n) is 12.0. The first-order valence-electron chi connectivity index (χ1n) is 15.7. The van der Waals surface area contributed by atoms with Gasteiger partial charge in [0.05, 0.1) is 11.4 Å². The van der Waals surface area contributed by atoms with Crippen molar-refractivity contribution in [3.05, 3.63) is 149 Å². The molecule has 3 heterocycles. The molecule has 1 unspecified atom stereocenters. The van der Waals surface area contributed by atoms with E-state index in [9.17, 15) is 0 Å². The summed E-state index contributed by atoms with van der Waals surface area (Å²) in [6.45, 7) is 2.13. The van der Waals surface area contributed by atoms with E-state index < -0.39 is 0 Å². The first-order valence-corrected chi connectivity index (χ1v) is 15.7. The Morgan fingerprint density at radius 3 is 2.13 bits per heavy atom. The van der Waals surface area contributed by atoms with Crippen LogP contribution < -0.4 is 5.32 Å². The monoisotopic (exact) mass is 582 g/mol. The van der Waals surface area contributed by atoms with E-state index in [0.29, 0.717) is 5.92 Å². The zero-order valence-electron chi connectivity index (χ0n) is 25.6. The van der Waals surface area contributed by atoms with Gasteiger partial charge in [-0.05, 0) is 124 Å². The fourth-order valence-electron chi connectivity index (χ4n) is 7.24. The molecule has 4 heteroatoms. The minimum absolute atomic E-state index is 0.374. The number of hydrogen-bond donors (Lipinski definition) is 1.